The normalized spacial score (nSPS) is 20.9. The molecule has 1 fully saturated rings. The van der Waals surface area contributed by atoms with E-state index >= 15 is 0 Å². The van der Waals surface area contributed by atoms with Gasteiger partial charge in [-0.05, 0) is 31.4 Å². The molecule has 1 atom stereocenters. The predicted octanol–water partition coefficient (Wildman–Crippen LogP) is 2.78. The maximum absolute atomic E-state index is 13.5. The molecule has 2 amide bonds. The molecule has 1 aromatic carbocycles. The summed E-state index contributed by atoms with van der Waals surface area (Å²) in [7, 11) is 0. The Balaban J connectivity index is 1.56. The molecule has 5 nitrogen and oxygen atoms in total. The van der Waals surface area contributed by atoms with Crippen molar-refractivity contribution >= 4 is 34.4 Å². The monoisotopic (exact) mass is 353 g/mol. The quantitative estimate of drug-likeness (QED) is 0.908. The van der Waals surface area contributed by atoms with Gasteiger partial charge in [0.25, 0.3) is 5.91 Å². The number of hydrogen-bond acceptors (Lipinski definition) is 4. The molecule has 1 aromatic rings. The number of thioether (sulfide) groups is 1. The summed E-state index contributed by atoms with van der Waals surface area (Å²) >= 11 is 1.28. The smallest absolute Gasteiger partial charge is 0.262 e. The molecular weight excluding hydrogens is 336 g/mol. The van der Waals surface area contributed by atoms with E-state index < -0.39 is 22.8 Å². The number of piperidine rings is 1. The molecule has 2 aliphatic rings. The third-order valence-electron chi connectivity index (χ3n) is 3.93. The van der Waals surface area contributed by atoms with Crippen LogP contribution in [-0.2, 0) is 9.59 Å². The zero-order chi connectivity index (χ0) is 17.1. The molecule has 3 rings (SSSR count). The number of nitrogens with zero attached hydrogens (tertiary/aromatic N) is 2. The van der Waals surface area contributed by atoms with Crippen molar-refractivity contribution in [2.45, 2.75) is 30.9 Å². The van der Waals surface area contributed by atoms with Gasteiger partial charge < -0.3 is 10.2 Å². The van der Waals surface area contributed by atoms with Gasteiger partial charge in [-0.3, -0.25) is 9.59 Å². The maximum atomic E-state index is 13.5. The first-order chi connectivity index (χ1) is 11.5. The average molecular weight is 353 g/mol. The van der Waals surface area contributed by atoms with Crippen molar-refractivity contribution in [3.8, 4) is 0 Å². The number of likely N-dealkylation sites (tertiary alicyclic amines) is 1. The molecule has 0 bridgehead atoms. The highest BCUT2D eigenvalue weighted by molar-refractivity contribution is 8.15. The molecule has 8 heteroatoms. The van der Waals surface area contributed by atoms with Crippen LogP contribution in [0.15, 0.2) is 23.2 Å². The van der Waals surface area contributed by atoms with E-state index in [-0.39, 0.29) is 18.0 Å². The Morgan fingerprint density at radius 2 is 2.04 bits per heavy atom. The van der Waals surface area contributed by atoms with Gasteiger partial charge >= 0.3 is 0 Å². The summed E-state index contributed by atoms with van der Waals surface area (Å²) in [6.07, 6.45) is 3.23. The fourth-order valence-corrected chi connectivity index (χ4v) is 3.81. The van der Waals surface area contributed by atoms with Gasteiger partial charge in [-0.1, -0.05) is 11.8 Å². The van der Waals surface area contributed by atoms with Gasteiger partial charge in [0.2, 0.25) is 5.91 Å². The largest absolute Gasteiger partial charge is 0.351 e. The highest BCUT2D eigenvalue weighted by Crippen LogP contribution is 2.29. The molecule has 2 aliphatic heterocycles. The Morgan fingerprint density at radius 1 is 1.29 bits per heavy atom. The second kappa shape index (κ2) is 7.29. The fourth-order valence-electron chi connectivity index (χ4n) is 2.69. The lowest BCUT2D eigenvalue weighted by atomic mass is 10.1. The van der Waals surface area contributed by atoms with Crippen molar-refractivity contribution in [1.29, 1.82) is 0 Å². The first-order valence-electron chi connectivity index (χ1n) is 7.82. The highest BCUT2D eigenvalue weighted by atomic mass is 32.2. The number of anilines is 1. The number of amidine groups is 1. The average Bonchev–Trinajstić information content (AvgIpc) is 2.92. The summed E-state index contributed by atoms with van der Waals surface area (Å²) in [6, 6.07) is 2.91. The predicted molar refractivity (Wildman–Crippen MR) is 88.8 cm³/mol. The molecule has 0 spiro atoms. The number of carbonyl (C=O) groups excluding carboxylic acids is 2. The van der Waals surface area contributed by atoms with Gasteiger partial charge in [0.1, 0.15) is 16.9 Å². The third-order valence-corrected chi connectivity index (χ3v) is 5.14. The molecule has 0 aliphatic carbocycles. The number of carbonyl (C=O) groups is 2. The molecule has 1 N–H and O–H groups in total. The lowest BCUT2D eigenvalue weighted by Crippen LogP contribution is -2.33. The van der Waals surface area contributed by atoms with Crippen LogP contribution in [0.3, 0.4) is 0 Å². The minimum absolute atomic E-state index is 0.0961. The van der Waals surface area contributed by atoms with Crippen LogP contribution in [0, 0.1) is 11.6 Å². The third kappa shape index (κ3) is 3.92. The number of rotatable bonds is 3. The molecule has 2 heterocycles. The molecule has 1 unspecified atom stereocenters. The van der Waals surface area contributed by atoms with E-state index in [2.05, 4.69) is 15.2 Å². The first kappa shape index (κ1) is 16.9. The fraction of sp³-hybridized carbons (Fsp3) is 0.438. The second-order valence-electron chi connectivity index (χ2n) is 5.76. The van der Waals surface area contributed by atoms with E-state index in [1.54, 1.807) is 0 Å². The number of nitrogens with one attached hydrogen (secondary N) is 1. The van der Waals surface area contributed by atoms with Gasteiger partial charge in [-0.25, -0.2) is 8.78 Å². The van der Waals surface area contributed by atoms with Gasteiger partial charge in [-0.2, -0.15) is 4.99 Å². The minimum Gasteiger partial charge on any atom is -0.351 e. The van der Waals surface area contributed by atoms with Gasteiger partial charge in [0, 0.05) is 25.6 Å². The Kier molecular flexibility index (Phi) is 5.13. The lowest BCUT2D eigenvalue weighted by molar-refractivity contribution is -0.121. The Bertz CT molecular complexity index is 690. The minimum atomic E-state index is -0.848. The Hall–Kier alpha value is -1.96. The van der Waals surface area contributed by atoms with Gasteiger partial charge in [0.15, 0.2) is 5.17 Å². The second-order valence-corrected chi connectivity index (χ2v) is 6.93. The van der Waals surface area contributed by atoms with E-state index in [1.165, 1.54) is 18.2 Å². The molecule has 128 valence electrons. The van der Waals surface area contributed by atoms with Crippen LogP contribution < -0.4 is 5.32 Å². The standard InChI is InChI=1S/C16H17F2N3O2S/c17-10-4-5-12(11(18)8-10)19-14(22)9-13-15(23)20-16(24-13)21-6-2-1-3-7-21/h4-5,8,13H,1-3,6-7,9H2,(H,19,22). The van der Waals surface area contributed by atoms with Crippen molar-refractivity contribution < 1.29 is 18.4 Å². The van der Waals surface area contributed by atoms with Crippen LogP contribution in [0.25, 0.3) is 0 Å². The summed E-state index contributed by atoms with van der Waals surface area (Å²) in [4.78, 5) is 30.1. The highest BCUT2D eigenvalue weighted by Gasteiger charge is 2.33. The zero-order valence-electron chi connectivity index (χ0n) is 12.9. The molecule has 1 saturated heterocycles. The molecule has 0 saturated carbocycles. The zero-order valence-corrected chi connectivity index (χ0v) is 13.7. The van der Waals surface area contributed by atoms with Crippen LogP contribution in [0.1, 0.15) is 25.7 Å². The number of hydrogen-bond donors (Lipinski definition) is 1. The van der Waals surface area contributed by atoms with E-state index in [0.717, 1.165) is 38.1 Å². The number of aliphatic imine (C=N–C) groups is 1. The van der Waals surface area contributed by atoms with Crippen LogP contribution in [0.2, 0.25) is 0 Å². The summed E-state index contributed by atoms with van der Waals surface area (Å²) in [5, 5.41) is 2.45. The van der Waals surface area contributed by atoms with Crippen LogP contribution in [-0.4, -0.2) is 40.2 Å². The SMILES string of the molecule is O=C(CC1SC(N2CCCCC2)=NC1=O)Nc1ccc(F)cc1F. The Labute approximate surface area is 142 Å². The van der Waals surface area contributed by atoms with E-state index in [1.807, 2.05) is 0 Å². The summed E-state index contributed by atoms with van der Waals surface area (Å²) in [5.41, 5.74) is -0.103. The van der Waals surface area contributed by atoms with Crippen LogP contribution in [0.4, 0.5) is 14.5 Å². The number of benzene rings is 1. The van der Waals surface area contributed by atoms with E-state index in [0.29, 0.717) is 11.2 Å². The topological polar surface area (TPSA) is 61.8 Å². The summed E-state index contributed by atoms with van der Waals surface area (Å²) in [5.74, 6) is -2.40. The Morgan fingerprint density at radius 3 is 2.75 bits per heavy atom. The summed E-state index contributed by atoms with van der Waals surface area (Å²) in [6.45, 7) is 1.75. The lowest BCUT2D eigenvalue weighted by Gasteiger charge is -2.27. The van der Waals surface area contributed by atoms with Crippen molar-refractivity contribution in [2.75, 3.05) is 18.4 Å². The maximum Gasteiger partial charge on any atom is 0.262 e. The molecule has 24 heavy (non-hydrogen) atoms. The van der Waals surface area contributed by atoms with E-state index in [4.69, 9.17) is 0 Å². The molecule has 0 radical (unpaired) electrons. The summed E-state index contributed by atoms with van der Waals surface area (Å²) < 4.78 is 26.4. The molecule has 0 aromatic heterocycles. The van der Waals surface area contributed by atoms with Crippen molar-refractivity contribution in [3.63, 3.8) is 0 Å². The van der Waals surface area contributed by atoms with Crippen LogP contribution >= 0.6 is 11.8 Å². The van der Waals surface area contributed by atoms with Crippen molar-refractivity contribution in [1.82, 2.24) is 4.90 Å². The first-order valence-corrected chi connectivity index (χ1v) is 8.70. The van der Waals surface area contributed by atoms with Gasteiger partial charge in [0.05, 0.1) is 5.69 Å². The van der Waals surface area contributed by atoms with Crippen LogP contribution in [0.5, 0.6) is 0 Å². The van der Waals surface area contributed by atoms with Crippen molar-refractivity contribution in [2.24, 2.45) is 4.99 Å². The number of amides is 2. The van der Waals surface area contributed by atoms with Gasteiger partial charge in [-0.15, -0.1) is 0 Å². The number of halogens is 2. The molecular formula is C16H17F2N3O2S. The van der Waals surface area contributed by atoms with Crippen molar-refractivity contribution in [3.05, 3.63) is 29.8 Å². The van der Waals surface area contributed by atoms with E-state index in [9.17, 15) is 18.4 Å².